The number of nitrogens with one attached hydrogen (secondary N) is 1. The van der Waals surface area contributed by atoms with Crippen LogP contribution in [0.1, 0.15) is 24.8 Å². The fraction of sp³-hybridized carbons (Fsp3) is 0.455. The molecule has 2 aromatic carbocycles. The van der Waals surface area contributed by atoms with Crippen LogP contribution in [0.5, 0.6) is 5.75 Å². The van der Waals surface area contributed by atoms with Crippen LogP contribution >= 0.6 is 0 Å². The quantitative estimate of drug-likeness (QED) is 0.705. The van der Waals surface area contributed by atoms with Crippen molar-refractivity contribution in [3.8, 4) is 5.75 Å². The van der Waals surface area contributed by atoms with Crippen molar-refractivity contribution in [2.45, 2.75) is 31.7 Å². The van der Waals surface area contributed by atoms with Crippen LogP contribution in [0.4, 0.5) is 0 Å². The molecule has 25 heavy (non-hydrogen) atoms. The highest BCUT2D eigenvalue weighted by Crippen LogP contribution is 2.12. The van der Waals surface area contributed by atoms with Gasteiger partial charge < -0.3 is 15.0 Å². The summed E-state index contributed by atoms with van der Waals surface area (Å²) >= 11 is 0. The van der Waals surface area contributed by atoms with Crippen molar-refractivity contribution in [2.75, 3.05) is 32.8 Å². The van der Waals surface area contributed by atoms with Crippen LogP contribution < -0.4 is 10.1 Å². The maximum absolute atomic E-state index is 5.74. The molecule has 0 unspecified atom stereocenters. The molecule has 1 saturated heterocycles. The molecule has 0 aromatic heterocycles. The molecular formula is C22H30N2O. The van der Waals surface area contributed by atoms with Gasteiger partial charge in [-0.1, -0.05) is 48.5 Å². The lowest BCUT2D eigenvalue weighted by molar-refractivity contribution is 0.198. The first-order valence-corrected chi connectivity index (χ1v) is 9.58. The minimum atomic E-state index is 0.671. The lowest BCUT2D eigenvalue weighted by atomic mass is 10.0. The molecule has 0 spiro atoms. The van der Waals surface area contributed by atoms with E-state index >= 15 is 0 Å². The molecule has 0 aliphatic carbocycles. The lowest BCUT2D eigenvalue weighted by Gasteiger charge is -2.32. The Labute approximate surface area is 152 Å². The van der Waals surface area contributed by atoms with Crippen LogP contribution in [0.25, 0.3) is 0 Å². The van der Waals surface area contributed by atoms with Gasteiger partial charge in [-0.05, 0) is 63.0 Å². The summed E-state index contributed by atoms with van der Waals surface area (Å²) in [6.45, 7) is 5.44. The van der Waals surface area contributed by atoms with Gasteiger partial charge in [-0.2, -0.15) is 0 Å². The van der Waals surface area contributed by atoms with Gasteiger partial charge in [-0.3, -0.25) is 0 Å². The highest BCUT2D eigenvalue weighted by Gasteiger charge is 2.18. The van der Waals surface area contributed by atoms with Crippen LogP contribution in [-0.2, 0) is 6.42 Å². The molecule has 3 nitrogen and oxygen atoms in total. The van der Waals surface area contributed by atoms with Crippen LogP contribution in [-0.4, -0.2) is 43.7 Å². The average Bonchev–Trinajstić information content (AvgIpc) is 2.69. The van der Waals surface area contributed by atoms with E-state index in [0.29, 0.717) is 6.04 Å². The third-order valence-electron chi connectivity index (χ3n) is 4.91. The van der Waals surface area contributed by atoms with Crippen LogP contribution in [0.2, 0.25) is 0 Å². The van der Waals surface area contributed by atoms with Crippen LogP contribution in [0.3, 0.4) is 0 Å². The molecule has 0 amide bonds. The highest BCUT2D eigenvalue weighted by atomic mass is 16.5. The molecule has 1 fully saturated rings. The molecule has 0 bridgehead atoms. The largest absolute Gasteiger partial charge is 0.494 e. The first kappa shape index (κ1) is 18.0. The summed E-state index contributed by atoms with van der Waals surface area (Å²) in [6, 6.07) is 21.5. The van der Waals surface area contributed by atoms with Gasteiger partial charge in [0.05, 0.1) is 6.61 Å². The van der Waals surface area contributed by atoms with Crippen molar-refractivity contribution in [3.05, 3.63) is 66.2 Å². The molecule has 3 heteroatoms. The van der Waals surface area contributed by atoms with Crippen molar-refractivity contribution in [1.29, 1.82) is 0 Å². The maximum Gasteiger partial charge on any atom is 0.119 e. The van der Waals surface area contributed by atoms with Crippen molar-refractivity contribution in [2.24, 2.45) is 0 Å². The molecule has 0 radical (unpaired) electrons. The minimum Gasteiger partial charge on any atom is -0.494 e. The smallest absolute Gasteiger partial charge is 0.119 e. The fourth-order valence-electron chi connectivity index (χ4n) is 3.38. The topological polar surface area (TPSA) is 24.5 Å². The Morgan fingerprint density at radius 2 is 1.60 bits per heavy atom. The van der Waals surface area contributed by atoms with Gasteiger partial charge >= 0.3 is 0 Å². The standard InChI is InChI=1S/C22H30N2O/c1-3-8-20(9-4-1)12-16-24-17-13-21(14-18-24)23-15-7-19-25-22-10-5-2-6-11-22/h1-6,8-11,21,23H,7,12-19H2. The average molecular weight is 338 g/mol. The van der Waals surface area contributed by atoms with Crippen molar-refractivity contribution in [1.82, 2.24) is 10.2 Å². The van der Waals surface area contributed by atoms with E-state index in [9.17, 15) is 0 Å². The SMILES string of the molecule is c1ccc(CCN2CCC(NCCCOc3ccccc3)CC2)cc1. The van der Waals surface area contributed by atoms with E-state index in [1.165, 1.54) is 38.0 Å². The number of para-hydroxylation sites is 1. The third-order valence-corrected chi connectivity index (χ3v) is 4.91. The van der Waals surface area contributed by atoms with Crippen molar-refractivity contribution < 1.29 is 4.74 Å². The number of hydrogen-bond acceptors (Lipinski definition) is 3. The summed E-state index contributed by atoms with van der Waals surface area (Å²) in [4.78, 5) is 2.60. The van der Waals surface area contributed by atoms with Gasteiger partial charge in [0.2, 0.25) is 0 Å². The minimum absolute atomic E-state index is 0.671. The van der Waals surface area contributed by atoms with Crippen molar-refractivity contribution >= 4 is 0 Å². The first-order valence-electron chi connectivity index (χ1n) is 9.58. The van der Waals surface area contributed by atoms with Gasteiger partial charge in [0.25, 0.3) is 0 Å². The zero-order valence-corrected chi connectivity index (χ0v) is 15.1. The molecule has 134 valence electrons. The number of benzene rings is 2. The molecule has 1 heterocycles. The molecule has 1 N–H and O–H groups in total. The number of ether oxygens (including phenoxy) is 1. The molecule has 1 aliphatic heterocycles. The third kappa shape index (κ3) is 6.52. The van der Waals surface area contributed by atoms with E-state index in [4.69, 9.17) is 4.74 Å². The normalized spacial score (nSPS) is 16.0. The predicted molar refractivity (Wildman–Crippen MR) is 104 cm³/mol. The second kappa shape index (κ2) is 10.2. The van der Waals surface area contributed by atoms with Gasteiger partial charge in [-0.15, -0.1) is 0 Å². The number of hydrogen-bond donors (Lipinski definition) is 1. The Kier molecular flexibility index (Phi) is 7.34. The Balaban J connectivity index is 1.23. The Morgan fingerprint density at radius 3 is 2.32 bits per heavy atom. The van der Waals surface area contributed by atoms with Gasteiger partial charge in [0.1, 0.15) is 5.75 Å². The monoisotopic (exact) mass is 338 g/mol. The number of rotatable bonds is 9. The summed E-state index contributed by atoms with van der Waals surface area (Å²) in [6.07, 6.45) is 4.74. The Bertz CT molecular complexity index is 577. The molecule has 0 saturated carbocycles. The number of nitrogens with zero attached hydrogens (tertiary/aromatic N) is 1. The number of piperidine rings is 1. The summed E-state index contributed by atoms with van der Waals surface area (Å²) in [5.41, 5.74) is 1.45. The van der Waals surface area contributed by atoms with Gasteiger partial charge in [0.15, 0.2) is 0 Å². The number of likely N-dealkylation sites (tertiary alicyclic amines) is 1. The molecule has 0 atom stereocenters. The zero-order valence-electron chi connectivity index (χ0n) is 15.1. The Morgan fingerprint density at radius 1 is 0.920 bits per heavy atom. The highest BCUT2D eigenvalue weighted by molar-refractivity contribution is 5.20. The van der Waals surface area contributed by atoms with Gasteiger partial charge in [-0.25, -0.2) is 0 Å². The summed E-state index contributed by atoms with van der Waals surface area (Å²) in [5, 5.41) is 3.70. The van der Waals surface area contributed by atoms with Crippen molar-refractivity contribution in [3.63, 3.8) is 0 Å². The van der Waals surface area contributed by atoms with Gasteiger partial charge in [0, 0.05) is 12.6 Å². The molecular weight excluding hydrogens is 308 g/mol. The summed E-state index contributed by atoms with van der Waals surface area (Å²) < 4.78 is 5.74. The van der Waals surface area contributed by atoms with E-state index in [0.717, 1.165) is 31.7 Å². The van der Waals surface area contributed by atoms with Crippen LogP contribution in [0.15, 0.2) is 60.7 Å². The fourth-order valence-corrected chi connectivity index (χ4v) is 3.38. The molecule has 3 rings (SSSR count). The van der Waals surface area contributed by atoms with E-state index in [-0.39, 0.29) is 0 Å². The lowest BCUT2D eigenvalue weighted by Crippen LogP contribution is -2.43. The Hall–Kier alpha value is -1.84. The van der Waals surface area contributed by atoms with Crippen LogP contribution in [0, 0.1) is 0 Å². The molecule has 2 aromatic rings. The van der Waals surface area contributed by atoms with E-state index < -0.39 is 0 Å². The predicted octanol–water partition coefficient (Wildman–Crippen LogP) is 3.75. The summed E-state index contributed by atoms with van der Waals surface area (Å²) in [5.74, 6) is 0.967. The van der Waals surface area contributed by atoms with E-state index in [1.807, 2.05) is 30.3 Å². The van der Waals surface area contributed by atoms with E-state index in [1.54, 1.807) is 0 Å². The second-order valence-electron chi connectivity index (χ2n) is 6.82. The first-order chi connectivity index (χ1) is 12.4. The van der Waals surface area contributed by atoms with E-state index in [2.05, 4.69) is 40.5 Å². The zero-order chi connectivity index (χ0) is 17.2. The maximum atomic E-state index is 5.74. The summed E-state index contributed by atoms with van der Waals surface area (Å²) in [7, 11) is 0. The molecule has 1 aliphatic rings. The second-order valence-corrected chi connectivity index (χ2v) is 6.82.